The second-order valence-corrected chi connectivity index (χ2v) is 9.16. The lowest BCUT2D eigenvalue weighted by Gasteiger charge is -2.37. The van der Waals surface area contributed by atoms with E-state index in [1.807, 2.05) is 4.90 Å². The largest absolute Gasteiger partial charge is 0.394 e. The van der Waals surface area contributed by atoms with Gasteiger partial charge in [0.1, 0.15) is 6.04 Å². The lowest BCUT2D eigenvalue weighted by Crippen LogP contribution is -2.47. The molecule has 2 aromatic rings. The molecule has 40 heavy (non-hydrogen) atoms. The van der Waals surface area contributed by atoms with Crippen LogP contribution >= 0.6 is 36.4 Å². The third-order valence-electron chi connectivity index (χ3n) is 6.10. The molecule has 224 valence electrons. The molecule has 0 bridgehead atoms. The van der Waals surface area contributed by atoms with Crippen molar-refractivity contribution in [1.29, 1.82) is 0 Å². The molecular formula is C24H29Cl3F5N5O3. The van der Waals surface area contributed by atoms with Gasteiger partial charge in [-0.15, -0.1) is 24.8 Å². The summed E-state index contributed by atoms with van der Waals surface area (Å²) in [6.45, 7) is 0.380. The van der Waals surface area contributed by atoms with Crippen LogP contribution in [-0.4, -0.2) is 73.4 Å². The molecular weight excluding hydrogens is 608 g/mol. The molecule has 1 fully saturated rings. The van der Waals surface area contributed by atoms with Crippen molar-refractivity contribution in [3.05, 3.63) is 58.1 Å². The van der Waals surface area contributed by atoms with Crippen molar-refractivity contribution >= 4 is 59.6 Å². The molecule has 0 aliphatic carbocycles. The second kappa shape index (κ2) is 15.5. The fraction of sp³-hybridized carbons (Fsp3) is 0.417. The van der Waals surface area contributed by atoms with Crippen molar-refractivity contribution in [2.24, 2.45) is 5.73 Å². The molecule has 2 amide bonds. The lowest BCUT2D eigenvalue weighted by molar-refractivity contribution is -0.138. The summed E-state index contributed by atoms with van der Waals surface area (Å²) in [4.78, 5) is 27.6. The number of aliphatic hydroxyl groups excluding tert-OH is 1. The molecule has 1 atom stereocenters. The molecule has 0 unspecified atom stereocenters. The molecule has 1 heterocycles. The Morgan fingerprint density at radius 2 is 1.70 bits per heavy atom. The first kappa shape index (κ1) is 35.6. The quantitative estimate of drug-likeness (QED) is 0.296. The Kier molecular flexibility index (Phi) is 13.8. The minimum atomic E-state index is -4.24. The summed E-state index contributed by atoms with van der Waals surface area (Å²) in [7, 11) is 0. The highest BCUT2D eigenvalue weighted by molar-refractivity contribution is 6.31. The maximum absolute atomic E-state index is 14.8. The van der Waals surface area contributed by atoms with Crippen molar-refractivity contribution in [3.8, 4) is 0 Å². The first-order valence-corrected chi connectivity index (χ1v) is 12.0. The predicted molar refractivity (Wildman–Crippen MR) is 146 cm³/mol. The van der Waals surface area contributed by atoms with E-state index in [0.29, 0.717) is 36.9 Å². The number of primary amides is 1. The van der Waals surface area contributed by atoms with Gasteiger partial charge in [-0.2, -0.15) is 13.2 Å². The van der Waals surface area contributed by atoms with Crippen LogP contribution in [0.4, 0.5) is 33.3 Å². The van der Waals surface area contributed by atoms with E-state index in [1.54, 1.807) is 11.0 Å². The normalized spacial score (nSPS) is 14.6. The zero-order valence-corrected chi connectivity index (χ0v) is 23.3. The van der Waals surface area contributed by atoms with Crippen LogP contribution in [0.2, 0.25) is 5.02 Å². The van der Waals surface area contributed by atoms with Gasteiger partial charge in [0.15, 0.2) is 11.6 Å². The number of aliphatic hydroxyl groups is 1. The molecule has 3 rings (SSSR count). The number of benzene rings is 2. The molecule has 0 saturated carbocycles. The van der Waals surface area contributed by atoms with Gasteiger partial charge in [0, 0.05) is 49.9 Å². The van der Waals surface area contributed by atoms with Gasteiger partial charge in [-0.05, 0) is 24.3 Å². The summed E-state index contributed by atoms with van der Waals surface area (Å²) in [6.07, 6.45) is -5.15. The number of nitrogens with zero attached hydrogens (tertiary/aromatic N) is 2. The smallest absolute Gasteiger partial charge is 0.390 e. The van der Waals surface area contributed by atoms with Crippen molar-refractivity contribution in [3.63, 3.8) is 0 Å². The second-order valence-electron chi connectivity index (χ2n) is 8.73. The topological polar surface area (TPSA) is 111 Å². The molecule has 5 N–H and O–H groups in total. The van der Waals surface area contributed by atoms with E-state index in [4.69, 9.17) is 22.4 Å². The van der Waals surface area contributed by atoms with Crippen LogP contribution in [0.15, 0.2) is 30.3 Å². The molecule has 16 heteroatoms. The number of anilines is 2. The zero-order chi connectivity index (χ0) is 28.0. The van der Waals surface area contributed by atoms with Gasteiger partial charge in [-0.1, -0.05) is 17.7 Å². The minimum Gasteiger partial charge on any atom is -0.394 e. The van der Waals surface area contributed by atoms with Gasteiger partial charge < -0.3 is 21.1 Å². The predicted octanol–water partition coefficient (Wildman–Crippen LogP) is 3.72. The summed E-state index contributed by atoms with van der Waals surface area (Å²) >= 11 is 6.13. The Morgan fingerprint density at radius 1 is 1.05 bits per heavy atom. The summed E-state index contributed by atoms with van der Waals surface area (Å²) < 4.78 is 67.0. The van der Waals surface area contributed by atoms with Crippen molar-refractivity contribution in [2.45, 2.75) is 25.2 Å². The lowest BCUT2D eigenvalue weighted by atomic mass is 10.1. The third-order valence-corrected chi connectivity index (χ3v) is 6.34. The van der Waals surface area contributed by atoms with Crippen LogP contribution in [0.5, 0.6) is 0 Å². The fourth-order valence-corrected chi connectivity index (χ4v) is 4.11. The van der Waals surface area contributed by atoms with Crippen LogP contribution in [0.3, 0.4) is 0 Å². The number of rotatable bonds is 10. The van der Waals surface area contributed by atoms with Crippen molar-refractivity contribution in [2.75, 3.05) is 49.5 Å². The fourth-order valence-electron chi connectivity index (χ4n) is 3.95. The Labute approximate surface area is 244 Å². The monoisotopic (exact) mass is 635 g/mol. The van der Waals surface area contributed by atoms with E-state index in [9.17, 15) is 31.5 Å². The van der Waals surface area contributed by atoms with Crippen LogP contribution in [0.1, 0.15) is 22.3 Å². The number of nitrogens with two attached hydrogens (primary N) is 1. The van der Waals surface area contributed by atoms with Crippen LogP contribution < -0.4 is 21.3 Å². The molecule has 2 aromatic carbocycles. The van der Waals surface area contributed by atoms with E-state index < -0.39 is 54.3 Å². The minimum absolute atomic E-state index is 0. The highest BCUT2D eigenvalue weighted by Gasteiger charge is 2.29. The zero-order valence-electron chi connectivity index (χ0n) is 20.9. The Hall–Kier alpha value is -2.42. The first-order valence-electron chi connectivity index (χ1n) is 11.6. The molecule has 1 saturated heterocycles. The number of carbonyl (C=O) groups excluding carboxylic acids is 2. The maximum Gasteiger partial charge on any atom is 0.390 e. The van der Waals surface area contributed by atoms with E-state index >= 15 is 0 Å². The van der Waals surface area contributed by atoms with Crippen molar-refractivity contribution in [1.82, 2.24) is 10.2 Å². The maximum atomic E-state index is 14.8. The third kappa shape index (κ3) is 9.60. The van der Waals surface area contributed by atoms with Gasteiger partial charge in [0.2, 0.25) is 5.91 Å². The average Bonchev–Trinajstić information content (AvgIpc) is 2.86. The number of hydrogen-bond donors (Lipinski definition) is 4. The van der Waals surface area contributed by atoms with Crippen molar-refractivity contribution < 1.29 is 36.6 Å². The van der Waals surface area contributed by atoms with E-state index in [1.165, 1.54) is 18.2 Å². The number of amides is 2. The van der Waals surface area contributed by atoms with Crippen LogP contribution in [0, 0.1) is 11.6 Å². The molecule has 1 aliphatic heterocycles. The number of carbonyl (C=O) groups is 2. The highest BCUT2D eigenvalue weighted by Crippen LogP contribution is 2.31. The first-order chi connectivity index (χ1) is 17.9. The molecule has 8 nitrogen and oxygen atoms in total. The highest BCUT2D eigenvalue weighted by atomic mass is 35.5. The molecule has 1 aliphatic rings. The number of alkyl halides is 3. The van der Waals surface area contributed by atoms with Gasteiger partial charge in [0.05, 0.1) is 30.0 Å². The molecule has 0 spiro atoms. The number of hydrogen-bond acceptors (Lipinski definition) is 6. The van der Waals surface area contributed by atoms with E-state index in [2.05, 4.69) is 10.6 Å². The summed E-state index contributed by atoms with van der Waals surface area (Å²) in [5.74, 6) is -4.52. The Bertz CT molecular complexity index is 1170. The number of halogens is 8. The molecule has 0 aromatic heterocycles. The molecule has 0 radical (unpaired) electrons. The SMILES string of the molecule is Cl.Cl.NC(=O)[C@H](CO)NCc1ccc(C(=O)Nc2ccc(Cl)cc2N2CCN(CCC(F)(F)F)CC2)c(F)c1F. The standard InChI is InChI=1S/C24H27ClF5N5O3.2ClH/c25-15-2-4-17(19(11-15)35-9-7-34(8-10-35)6-5-24(28,29)30)33-23(38)16-3-1-14(20(26)21(16)27)12-32-18(13-36)22(31)37;;/h1-4,11,18,32,36H,5-10,12-13H2,(H2,31,37)(H,33,38);2*1H/t18-;;/m0../s1. The summed E-state index contributed by atoms with van der Waals surface area (Å²) in [6, 6.07) is 5.66. The average molecular weight is 637 g/mol. The van der Waals surface area contributed by atoms with Gasteiger partial charge in [0.25, 0.3) is 5.91 Å². The Morgan fingerprint density at radius 3 is 2.27 bits per heavy atom. The van der Waals surface area contributed by atoms with Gasteiger partial charge in [-0.3, -0.25) is 19.8 Å². The van der Waals surface area contributed by atoms with E-state index in [0.717, 1.165) is 6.07 Å². The summed E-state index contributed by atoms with van der Waals surface area (Å²) in [5, 5.41) is 14.5. The van der Waals surface area contributed by atoms with Crippen LogP contribution in [0.25, 0.3) is 0 Å². The van der Waals surface area contributed by atoms with Gasteiger partial charge >= 0.3 is 6.18 Å². The van der Waals surface area contributed by atoms with E-state index in [-0.39, 0.29) is 49.2 Å². The van der Waals surface area contributed by atoms with Crippen LogP contribution in [-0.2, 0) is 11.3 Å². The number of nitrogens with one attached hydrogen (secondary N) is 2. The summed E-state index contributed by atoms with van der Waals surface area (Å²) in [5.41, 5.74) is 5.09. The Balaban J connectivity index is 0.00000400. The van der Waals surface area contributed by atoms with Gasteiger partial charge in [-0.25, -0.2) is 8.78 Å². The number of piperazine rings is 1.